The third-order valence-electron chi connectivity index (χ3n) is 9.26. The monoisotopic (exact) mass is 428 g/mol. The number of rotatable bonds is 5. The van der Waals surface area contributed by atoms with Crippen LogP contribution < -0.4 is 0 Å². The molecule has 0 radical (unpaired) electrons. The molecular weight excluding hydrogens is 392 g/mol. The van der Waals surface area contributed by atoms with Crippen molar-refractivity contribution < 1.29 is 24.2 Å². The number of ketones is 2. The molecule has 7 atom stereocenters. The van der Waals surface area contributed by atoms with E-state index in [2.05, 4.69) is 20.8 Å². The third kappa shape index (κ3) is 3.30. The zero-order valence-electron chi connectivity index (χ0n) is 19.3. The highest BCUT2D eigenvalue weighted by molar-refractivity contribution is 6.34. The molecule has 0 unspecified atom stereocenters. The molecule has 170 valence electrons. The standard InChI is InChI=1S/C26H36O5/c1-5-6-11-31-24(30)23(29)22-15(2)12-20-18-8-7-16-13-17(27)14-21(28)26(16,4)19(18)9-10-25(20,22)3/h13-15,18-20,22,27H,5-12H2,1-4H3/t15-,18-,19+,20+,22-,25+,26+/m1/s1. The van der Waals surface area contributed by atoms with Crippen LogP contribution in [0.25, 0.3) is 0 Å². The predicted octanol–water partition coefficient (Wildman–Crippen LogP) is 4.95. The molecule has 31 heavy (non-hydrogen) atoms. The lowest BCUT2D eigenvalue weighted by Gasteiger charge is -2.56. The van der Waals surface area contributed by atoms with E-state index in [1.54, 1.807) is 6.08 Å². The van der Waals surface area contributed by atoms with Crippen LogP contribution in [0.3, 0.4) is 0 Å². The van der Waals surface area contributed by atoms with Crippen LogP contribution in [0.4, 0.5) is 0 Å². The zero-order chi connectivity index (χ0) is 22.6. The number of Topliss-reactive ketones (excluding diaryl/α,β-unsaturated/α-hetero) is 1. The van der Waals surface area contributed by atoms with Crippen molar-refractivity contribution in [1.29, 1.82) is 0 Å². The Kier molecular flexibility index (Phi) is 5.68. The lowest BCUT2D eigenvalue weighted by molar-refractivity contribution is -0.159. The molecule has 1 N–H and O–H groups in total. The van der Waals surface area contributed by atoms with Crippen LogP contribution in [-0.2, 0) is 19.1 Å². The van der Waals surface area contributed by atoms with Crippen molar-refractivity contribution in [2.45, 2.75) is 72.6 Å². The summed E-state index contributed by atoms with van der Waals surface area (Å²) in [6, 6.07) is 0. The normalized spacial score (nSPS) is 41.4. The van der Waals surface area contributed by atoms with E-state index in [4.69, 9.17) is 4.74 Å². The minimum absolute atomic E-state index is 0.0129. The summed E-state index contributed by atoms with van der Waals surface area (Å²) in [5.74, 6) is -0.204. The molecule has 0 bridgehead atoms. The van der Waals surface area contributed by atoms with Crippen molar-refractivity contribution in [2.24, 2.45) is 40.4 Å². The zero-order valence-corrected chi connectivity index (χ0v) is 19.3. The van der Waals surface area contributed by atoms with E-state index in [0.717, 1.165) is 50.5 Å². The molecule has 0 saturated heterocycles. The highest BCUT2D eigenvalue weighted by atomic mass is 16.5. The largest absolute Gasteiger partial charge is 0.508 e. The van der Waals surface area contributed by atoms with Crippen molar-refractivity contribution >= 4 is 17.5 Å². The second kappa shape index (κ2) is 7.90. The van der Waals surface area contributed by atoms with Crippen LogP contribution in [0.1, 0.15) is 72.6 Å². The van der Waals surface area contributed by atoms with Gasteiger partial charge in [-0.05, 0) is 80.6 Å². The molecule has 0 aromatic carbocycles. The maximum Gasteiger partial charge on any atom is 0.374 e. The van der Waals surface area contributed by atoms with Gasteiger partial charge in [0.2, 0.25) is 5.78 Å². The molecule has 0 spiro atoms. The minimum Gasteiger partial charge on any atom is -0.508 e. The smallest absolute Gasteiger partial charge is 0.374 e. The minimum atomic E-state index is -0.668. The van der Waals surface area contributed by atoms with Crippen LogP contribution in [0.15, 0.2) is 23.5 Å². The Balaban J connectivity index is 1.59. The Morgan fingerprint density at radius 3 is 2.65 bits per heavy atom. The summed E-state index contributed by atoms with van der Waals surface area (Å²) in [4.78, 5) is 38.7. The van der Waals surface area contributed by atoms with Crippen LogP contribution in [0, 0.1) is 40.4 Å². The molecule has 4 aliphatic carbocycles. The van der Waals surface area contributed by atoms with Crippen molar-refractivity contribution in [1.82, 2.24) is 0 Å². The van der Waals surface area contributed by atoms with Crippen molar-refractivity contribution in [3.63, 3.8) is 0 Å². The number of ether oxygens (including phenoxy) is 1. The van der Waals surface area contributed by atoms with Crippen molar-refractivity contribution in [3.8, 4) is 0 Å². The van der Waals surface area contributed by atoms with Gasteiger partial charge in [0, 0.05) is 12.0 Å². The van der Waals surface area contributed by atoms with E-state index >= 15 is 0 Å². The molecule has 5 nitrogen and oxygen atoms in total. The fraction of sp³-hybridized carbons (Fsp3) is 0.731. The second-order valence-electron chi connectivity index (χ2n) is 10.8. The molecule has 0 aromatic rings. The molecule has 4 aliphatic rings. The Labute approximate surface area is 185 Å². The van der Waals surface area contributed by atoms with E-state index in [9.17, 15) is 19.5 Å². The highest BCUT2D eigenvalue weighted by Crippen LogP contribution is 2.67. The van der Waals surface area contributed by atoms with Crippen molar-refractivity contribution in [2.75, 3.05) is 6.61 Å². The van der Waals surface area contributed by atoms with Crippen LogP contribution in [0.5, 0.6) is 0 Å². The van der Waals surface area contributed by atoms with Gasteiger partial charge >= 0.3 is 5.97 Å². The number of unbranched alkanes of at least 4 members (excludes halogenated alkanes) is 1. The fourth-order valence-corrected chi connectivity index (χ4v) is 7.72. The number of hydrogen-bond acceptors (Lipinski definition) is 5. The summed E-state index contributed by atoms with van der Waals surface area (Å²) < 4.78 is 5.28. The Morgan fingerprint density at radius 1 is 1.19 bits per heavy atom. The third-order valence-corrected chi connectivity index (χ3v) is 9.26. The molecule has 0 heterocycles. The van der Waals surface area contributed by atoms with Crippen LogP contribution in [-0.4, -0.2) is 29.2 Å². The Morgan fingerprint density at radius 2 is 1.94 bits per heavy atom. The Bertz CT molecular complexity index is 854. The first-order chi connectivity index (χ1) is 14.6. The lowest BCUT2D eigenvalue weighted by atomic mass is 9.47. The number of carbonyl (C=O) groups excluding carboxylic acids is 3. The van der Waals surface area contributed by atoms with E-state index in [1.807, 2.05) is 6.92 Å². The molecule has 3 saturated carbocycles. The number of hydrogen-bond donors (Lipinski definition) is 1. The maximum absolute atomic E-state index is 13.2. The van der Waals surface area contributed by atoms with Gasteiger partial charge < -0.3 is 9.84 Å². The maximum atomic E-state index is 13.2. The van der Waals surface area contributed by atoms with Gasteiger partial charge in [-0.25, -0.2) is 4.79 Å². The van der Waals surface area contributed by atoms with Gasteiger partial charge in [0.25, 0.3) is 0 Å². The summed E-state index contributed by atoms with van der Waals surface area (Å²) >= 11 is 0. The predicted molar refractivity (Wildman–Crippen MR) is 117 cm³/mol. The molecule has 4 rings (SSSR count). The first-order valence-electron chi connectivity index (χ1n) is 12.0. The first kappa shape index (κ1) is 22.3. The summed E-state index contributed by atoms with van der Waals surface area (Å²) in [5.41, 5.74) is 0.274. The summed E-state index contributed by atoms with van der Waals surface area (Å²) in [5, 5.41) is 9.96. The molecular formula is C26H36O5. The number of esters is 1. The van der Waals surface area contributed by atoms with Gasteiger partial charge in [0.05, 0.1) is 12.0 Å². The first-order valence-corrected chi connectivity index (χ1v) is 12.0. The molecule has 3 fully saturated rings. The van der Waals surface area contributed by atoms with Gasteiger partial charge in [-0.2, -0.15) is 0 Å². The molecule has 0 amide bonds. The number of aliphatic hydroxyl groups is 1. The second-order valence-corrected chi connectivity index (χ2v) is 10.8. The van der Waals surface area contributed by atoms with E-state index < -0.39 is 11.4 Å². The van der Waals surface area contributed by atoms with Gasteiger partial charge in [0.15, 0.2) is 5.78 Å². The van der Waals surface area contributed by atoms with Gasteiger partial charge in [0.1, 0.15) is 5.76 Å². The van der Waals surface area contributed by atoms with Gasteiger partial charge in [-0.1, -0.05) is 32.8 Å². The number of aliphatic hydroxyl groups excluding tert-OH is 1. The molecule has 0 aliphatic heterocycles. The van der Waals surface area contributed by atoms with Crippen molar-refractivity contribution in [3.05, 3.63) is 23.5 Å². The average Bonchev–Trinajstić information content (AvgIpc) is 2.99. The van der Waals surface area contributed by atoms with Gasteiger partial charge in [-0.15, -0.1) is 0 Å². The van der Waals surface area contributed by atoms with Gasteiger partial charge in [-0.3, -0.25) is 9.59 Å². The number of fused-ring (bicyclic) bond motifs is 5. The van der Waals surface area contributed by atoms with Crippen LogP contribution in [0.2, 0.25) is 0 Å². The fourth-order valence-electron chi connectivity index (χ4n) is 7.72. The van der Waals surface area contributed by atoms with E-state index in [0.29, 0.717) is 18.4 Å². The topological polar surface area (TPSA) is 80.7 Å². The number of carbonyl (C=O) groups is 3. The molecule has 0 aromatic heterocycles. The lowest BCUT2D eigenvalue weighted by Crippen LogP contribution is -2.53. The summed E-state index contributed by atoms with van der Waals surface area (Å²) in [7, 11) is 0. The SMILES string of the molecule is CCCCOC(=O)C(=O)[C@H]1[C@H](C)C[C@H]2[C@@H]3CCC4=CC(O)=CC(=O)[C@]4(C)[C@H]3CC[C@@]21C. The summed E-state index contributed by atoms with van der Waals surface area (Å²) in [6.45, 7) is 8.68. The highest BCUT2D eigenvalue weighted by Gasteiger charge is 2.63. The average molecular weight is 429 g/mol. The number of allylic oxidation sites excluding steroid dienone is 3. The summed E-state index contributed by atoms with van der Waals surface area (Å²) in [6.07, 6.45) is 9.28. The quantitative estimate of drug-likeness (QED) is 0.380. The van der Waals surface area contributed by atoms with E-state index in [1.165, 1.54) is 6.08 Å². The van der Waals surface area contributed by atoms with Crippen LogP contribution >= 0.6 is 0 Å². The van der Waals surface area contributed by atoms with E-state index in [-0.39, 0.29) is 40.5 Å². The molecule has 5 heteroatoms. The Hall–Kier alpha value is -1.91.